The van der Waals surface area contributed by atoms with Crippen LogP contribution in [0.25, 0.3) is 0 Å². The Kier molecular flexibility index (Phi) is 13.3. The molecule has 0 bridgehead atoms. The van der Waals surface area contributed by atoms with Crippen LogP contribution in [0.1, 0.15) is 40.0 Å². The van der Waals surface area contributed by atoms with Gasteiger partial charge in [-0.15, -0.1) is 0 Å². The summed E-state index contributed by atoms with van der Waals surface area (Å²) in [5.41, 5.74) is 1.23. The van der Waals surface area contributed by atoms with Crippen molar-refractivity contribution in [2.24, 2.45) is 10.9 Å². The van der Waals surface area contributed by atoms with Crippen LogP contribution in [0, 0.1) is 5.92 Å². The zero-order valence-corrected chi connectivity index (χ0v) is 13.0. The number of hydrogen-bond donors (Lipinski definition) is 1. The zero-order valence-electron chi connectivity index (χ0n) is 12.2. The molecule has 0 saturated carbocycles. The summed E-state index contributed by atoms with van der Waals surface area (Å²) in [5.74, 6) is 2.85. The summed E-state index contributed by atoms with van der Waals surface area (Å²) in [6.45, 7) is 9.15. The lowest BCUT2D eigenvalue weighted by molar-refractivity contribution is 0.158. The second-order valence-corrected chi connectivity index (χ2v) is 6.10. The zero-order chi connectivity index (χ0) is 13.6. The van der Waals surface area contributed by atoms with Crippen LogP contribution in [-0.2, 0) is 4.74 Å². The molecule has 0 amide bonds. The molecule has 0 saturated heterocycles. The van der Waals surface area contributed by atoms with Gasteiger partial charge in [-0.1, -0.05) is 13.8 Å². The Bertz CT molecular complexity index is 208. The molecular formula is C14H29NO2S. The highest BCUT2D eigenvalue weighted by atomic mass is 32.2. The van der Waals surface area contributed by atoms with E-state index in [0.29, 0.717) is 12.5 Å². The Morgan fingerprint density at radius 1 is 1.22 bits per heavy atom. The molecule has 0 heterocycles. The molecule has 0 aliphatic rings. The fourth-order valence-electron chi connectivity index (χ4n) is 1.59. The van der Waals surface area contributed by atoms with Gasteiger partial charge in [0, 0.05) is 18.1 Å². The van der Waals surface area contributed by atoms with Gasteiger partial charge in [-0.25, -0.2) is 0 Å². The van der Waals surface area contributed by atoms with Gasteiger partial charge in [0.25, 0.3) is 0 Å². The van der Waals surface area contributed by atoms with E-state index >= 15 is 0 Å². The maximum Gasteiger partial charge on any atom is 0.0662 e. The Morgan fingerprint density at radius 3 is 2.67 bits per heavy atom. The lowest BCUT2D eigenvalue weighted by Gasteiger charge is -2.05. The number of rotatable bonds is 12. The molecule has 4 heteroatoms. The number of nitrogens with zero attached hydrogens (tertiary/aromatic N) is 1. The van der Waals surface area contributed by atoms with Crippen LogP contribution in [0.15, 0.2) is 4.99 Å². The highest BCUT2D eigenvalue weighted by Crippen LogP contribution is 2.04. The number of unbranched alkanes of at least 4 members (excludes halogenated alkanes) is 1. The van der Waals surface area contributed by atoms with Crippen LogP contribution in [-0.4, -0.2) is 48.7 Å². The number of thioether (sulfide) groups is 1. The van der Waals surface area contributed by atoms with E-state index in [1.807, 2.05) is 11.8 Å². The monoisotopic (exact) mass is 275 g/mol. The average Bonchev–Trinajstić information content (AvgIpc) is 2.30. The van der Waals surface area contributed by atoms with Crippen molar-refractivity contribution in [3.05, 3.63) is 0 Å². The first-order chi connectivity index (χ1) is 8.66. The number of ether oxygens (including phenoxy) is 1. The second-order valence-electron chi connectivity index (χ2n) is 4.87. The molecule has 1 N–H and O–H groups in total. The summed E-state index contributed by atoms with van der Waals surface area (Å²) in [7, 11) is 0. The topological polar surface area (TPSA) is 41.8 Å². The van der Waals surface area contributed by atoms with Gasteiger partial charge >= 0.3 is 0 Å². The summed E-state index contributed by atoms with van der Waals surface area (Å²) >= 11 is 1.89. The molecule has 0 aromatic heterocycles. The van der Waals surface area contributed by atoms with E-state index in [-0.39, 0.29) is 0 Å². The highest BCUT2D eigenvalue weighted by Gasteiger charge is 1.96. The largest absolute Gasteiger partial charge is 0.396 e. The van der Waals surface area contributed by atoms with E-state index in [9.17, 15) is 0 Å². The maximum absolute atomic E-state index is 8.62. The maximum atomic E-state index is 8.62. The molecular weight excluding hydrogens is 246 g/mol. The van der Waals surface area contributed by atoms with Gasteiger partial charge in [-0.3, -0.25) is 4.99 Å². The van der Waals surface area contributed by atoms with E-state index in [0.717, 1.165) is 50.5 Å². The molecule has 0 spiro atoms. The normalized spacial score (nSPS) is 12.4. The average molecular weight is 275 g/mol. The van der Waals surface area contributed by atoms with Crippen molar-refractivity contribution in [1.82, 2.24) is 0 Å². The van der Waals surface area contributed by atoms with Gasteiger partial charge in [0.15, 0.2) is 0 Å². The summed E-state index contributed by atoms with van der Waals surface area (Å²) < 4.78 is 5.52. The predicted molar refractivity (Wildman–Crippen MR) is 81.9 cm³/mol. The lowest BCUT2D eigenvalue weighted by Crippen LogP contribution is -2.05. The standard InChI is InChI=1S/C14H29NO2S/c1-13(2)12-14(3)15-6-8-17-9-11-18-10-5-4-7-16/h13,16H,4-12H2,1-3H3. The lowest BCUT2D eigenvalue weighted by atomic mass is 10.1. The predicted octanol–water partition coefficient (Wildman–Crippen LogP) is 3.02. The van der Waals surface area contributed by atoms with Crippen molar-refractivity contribution in [3.63, 3.8) is 0 Å². The van der Waals surface area contributed by atoms with Gasteiger partial charge in [-0.05, 0) is 37.9 Å². The fourth-order valence-corrected chi connectivity index (χ4v) is 2.44. The molecule has 0 fully saturated rings. The van der Waals surface area contributed by atoms with E-state index in [2.05, 4.69) is 25.8 Å². The third-order valence-electron chi connectivity index (χ3n) is 2.39. The number of aliphatic hydroxyl groups is 1. The van der Waals surface area contributed by atoms with Crippen molar-refractivity contribution in [3.8, 4) is 0 Å². The number of aliphatic imine (C=N–C) groups is 1. The Hall–Kier alpha value is -0.0600. The van der Waals surface area contributed by atoms with Crippen LogP contribution in [0.3, 0.4) is 0 Å². The highest BCUT2D eigenvalue weighted by molar-refractivity contribution is 7.99. The Labute approximate surface area is 116 Å². The summed E-state index contributed by atoms with van der Waals surface area (Å²) in [6, 6.07) is 0. The summed E-state index contributed by atoms with van der Waals surface area (Å²) in [4.78, 5) is 4.48. The quantitative estimate of drug-likeness (QED) is 0.440. The minimum atomic E-state index is 0.310. The smallest absolute Gasteiger partial charge is 0.0662 e. The van der Waals surface area contributed by atoms with Crippen LogP contribution in [0.2, 0.25) is 0 Å². The first kappa shape index (κ1) is 17.9. The van der Waals surface area contributed by atoms with Gasteiger partial charge in [0.2, 0.25) is 0 Å². The fraction of sp³-hybridized carbons (Fsp3) is 0.929. The third-order valence-corrected chi connectivity index (χ3v) is 3.42. The summed E-state index contributed by atoms with van der Waals surface area (Å²) in [6.07, 6.45) is 3.10. The van der Waals surface area contributed by atoms with Crippen molar-refractivity contribution >= 4 is 17.5 Å². The molecule has 0 atom stereocenters. The molecule has 108 valence electrons. The molecule has 3 nitrogen and oxygen atoms in total. The minimum absolute atomic E-state index is 0.310. The van der Waals surface area contributed by atoms with Gasteiger partial charge in [-0.2, -0.15) is 11.8 Å². The molecule has 0 unspecified atom stereocenters. The van der Waals surface area contributed by atoms with Crippen molar-refractivity contribution in [2.45, 2.75) is 40.0 Å². The van der Waals surface area contributed by atoms with Crippen LogP contribution in [0.4, 0.5) is 0 Å². The van der Waals surface area contributed by atoms with Gasteiger partial charge in [0.1, 0.15) is 0 Å². The first-order valence-corrected chi connectivity index (χ1v) is 8.08. The molecule has 0 aliphatic heterocycles. The van der Waals surface area contributed by atoms with E-state index in [1.54, 1.807) is 0 Å². The molecule has 18 heavy (non-hydrogen) atoms. The summed E-state index contributed by atoms with van der Waals surface area (Å²) in [5, 5.41) is 8.62. The second kappa shape index (κ2) is 13.4. The molecule has 0 aliphatic carbocycles. The van der Waals surface area contributed by atoms with Crippen LogP contribution in [0.5, 0.6) is 0 Å². The first-order valence-electron chi connectivity index (χ1n) is 6.93. The number of aliphatic hydroxyl groups excluding tert-OH is 1. The van der Waals surface area contributed by atoms with Crippen molar-refractivity contribution in [2.75, 3.05) is 37.9 Å². The molecule has 0 aromatic carbocycles. The minimum Gasteiger partial charge on any atom is -0.396 e. The van der Waals surface area contributed by atoms with E-state index in [1.165, 1.54) is 5.71 Å². The van der Waals surface area contributed by atoms with Crippen LogP contribution >= 0.6 is 11.8 Å². The number of hydrogen-bond acceptors (Lipinski definition) is 4. The van der Waals surface area contributed by atoms with Crippen LogP contribution < -0.4 is 0 Å². The third kappa shape index (κ3) is 14.0. The SMILES string of the molecule is CC(CC(C)C)=NCCOCCSCCCCO. The van der Waals surface area contributed by atoms with E-state index in [4.69, 9.17) is 9.84 Å². The molecule has 0 rings (SSSR count). The van der Waals surface area contributed by atoms with E-state index < -0.39 is 0 Å². The Morgan fingerprint density at radius 2 is 2.00 bits per heavy atom. The molecule has 0 aromatic rings. The Balaban J connectivity index is 3.20. The van der Waals surface area contributed by atoms with Gasteiger partial charge in [0.05, 0.1) is 19.8 Å². The molecule has 0 radical (unpaired) electrons. The van der Waals surface area contributed by atoms with Crippen molar-refractivity contribution in [1.29, 1.82) is 0 Å². The van der Waals surface area contributed by atoms with Crippen molar-refractivity contribution < 1.29 is 9.84 Å². The van der Waals surface area contributed by atoms with Gasteiger partial charge < -0.3 is 9.84 Å².